The molecular formula is C20H29N5O. The lowest BCUT2D eigenvalue weighted by molar-refractivity contribution is 0.186. The van der Waals surface area contributed by atoms with Gasteiger partial charge in [0.15, 0.2) is 0 Å². The number of hydrogen-bond acceptors (Lipinski definition) is 6. The number of anilines is 1. The van der Waals surface area contributed by atoms with Crippen molar-refractivity contribution in [2.75, 3.05) is 39.5 Å². The molecule has 1 aromatic carbocycles. The molecule has 1 aliphatic rings. The van der Waals surface area contributed by atoms with E-state index in [0.717, 1.165) is 43.7 Å². The van der Waals surface area contributed by atoms with E-state index in [1.807, 2.05) is 0 Å². The Kier molecular flexibility index (Phi) is 6.06. The van der Waals surface area contributed by atoms with Gasteiger partial charge in [-0.25, -0.2) is 0 Å². The first-order valence-corrected chi connectivity index (χ1v) is 9.26. The highest BCUT2D eigenvalue weighted by molar-refractivity contribution is 5.44. The van der Waals surface area contributed by atoms with Crippen LogP contribution in [0.2, 0.25) is 0 Å². The quantitative estimate of drug-likeness (QED) is 0.770. The minimum absolute atomic E-state index is 0.338. The van der Waals surface area contributed by atoms with Crippen LogP contribution in [-0.2, 0) is 13.0 Å². The van der Waals surface area contributed by atoms with E-state index in [-0.39, 0.29) is 0 Å². The molecule has 2 aromatic rings. The zero-order valence-corrected chi connectivity index (χ0v) is 16.0. The molecule has 0 fully saturated rings. The van der Waals surface area contributed by atoms with Crippen LogP contribution >= 0.6 is 0 Å². The third-order valence-electron chi connectivity index (χ3n) is 4.92. The second-order valence-electron chi connectivity index (χ2n) is 7.13. The molecule has 3 rings (SSSR count). The summed E-state index contributed by atoms with van der Waals surface area (Å²) >= 11 is 0. The average molecular weight is 355 g/mol. The van der Waals surface area contributed by atoms with Gasteiger partial charge in [0, 0.05) is 31.2 Å². The largest absolute Gasteiger partial charge is 0.463 e. The van der Waals surface area contributed by atoms with Gasteiger partial charge in [0.1, 0.15) is 5.82 Å². The van der Waals surface area contributed by atoms with Gasteiger partial charge in [-0.1, -0.05) is 30.3 Å². The van der Waals surface area contributed by atoms with Gasteiger partial charge < -0.3 is 15.4 Å². The van der Waals surface area contributed by atoms with Crippen LogP contribution in [0, 0.1) is 0 Å². The molecule has 1 unspecified atom stereocenters. The second-order valence-corrected chi connectivity index (χ2v) is 7.13. The van der Waals surface area contributed by atoms with Crippen LogP contribution in [0.5, 0.6) is 6.01 Å². The third kappa shape index (κ3) is 4.51. The zero-order chi connectivity index (χ0) is 18.5. The van der Waals surface area contributed by atoms with E-state index in [1.54, 1.807) is 0 Å². The highest BCUT2D eigenvalue weighted by atomic mass is 16.5. The van der Waals surface area contributed by atoms with Crippen molar-refractivity contribution in [3.05, 3.63) is 47.2 Å². The average Bonchev–Trinajstić information content (AvgIpc) is 2.65. The van der Waals surface area contributed by atoms with Crippen LogP contribution < -0.4 is 10.5 Å². The molecule has 1 aromatic heterocycles. The Morgan fingerprint density at radius 3 is 2.73 bits per heavy atom. The van der Waals surface area contributed by atoms with Gasteiger partial charge in [0.05, 0.1) is 12.3 Å². The van der Waals surface area contributed by atoms with Crippen LogP contribution in [0.1, 0.15) is 36.2 Å². The Morgan fingerprint density at radius 2 is 2.00 bits per heavy atom. The molecule has 0 saturated carbocycles. The molecule has 140 valence electrons. The fourth-order valence-corrected chi connectivity index (χ4v) is 3.34. The molecule has 6 nitrogen and oxygen atoms in total. The number of fused-ring (bicyclic) bond motifs is 1. The Hall–Kier alpha value is -2.18. The van der Waals surface area contributed by atoms with E-state index in [1.165, 1.54) is 5.56 Å². The van der Waals surface area contributed by atoms with E-state index >= 15 is 0 Å². The Morgan fingerprint density at radius 1 is 1.23 bits per heavy atom. The van der Waals surface area contributed by atoms with E-state index < -0.39 is 0 Å². The summed E-state index contributed by atoms with van der Waals surface area (Å²) in [5.41, 5.74) is 9.55. The van der Waals surface area contributed by atoms with Crippen molar-refractivity contribution >= 4 is 5.82 Å². The highest BCUT2D eigenvalue weighted by Crippen LogP contribution is 2.29. The normalized spacial score (nSPS) is 15.7. The van der Waals surface area contributed by atoms with Crippen molar-refractivity contribution in [2.45, 2.75) is 32.4 Å². The number of hydrogen-bond donors (Lipinski definition) is 1. The van der Waals surface area contributed by atoms with Crippen molar-refractivity contribution < 1.29 is 4.74 Å². The van der Waals surface area contributed by atoms with Crippen molar-refractivity contribution in [3.8, 4) is 6.01 Å². The van der Waals surface area contributed by atoms with Gasteiger partial charge in [0.2, 0.25) is 0 Å². The lowest BCUT2D eigenvalue weighted by Crippen LogP contribution is -2.34. The number of ether oxygens (including phenoxy) is 1. The van der Waals surface area contributed by atoms with E-state index in [2.05, 4.69) is 71.1 Å². The first kappa shape index (κ1) is 18.6. The van der Waals surface area contributed by atoms with Gasteiger partial charge in [-0.2, -0.15) is 9.97 Å². The molecule has 1 atom stereocenters. The van der Waals surface area contributed by atoms with Gasteiger partial charge in [-0.3, -0.25) is 4.90 Å². The van der Waals surface area contributed by atoms with E-state index in [0.29, 0.717) is 24.5 Å². The lowest BCUT2D eigenvalue weighted by atomic mass is 10.0. The molecule has 0 amide bonds. The third-order valence-corrected chi connectivity index (χ3v) is 4.92. The standard InChI is InChI=1S/C20H29N5O/c1-15(16-8-5-4-6-9-16)25-12-10-17-18(14-25)22-20(23-19(17)21)26-13-7-11-24(2)3/h4-6,8-9,15H,7,10-14H2,1-3H3,(H2,21,22,23). The summed E-state index contributed by atoms with van der Waals surface area (Å²) in [6, 6.07) is 11.3. The monoisotopic (exact) mass is 355 g/mol. The summed E-state index contributed by atoms with van der Waals surface area (Å²) in [5.74, 6) is 0.560. The highest BCUT2D eigenvalue weighted by Gasteiger charge is 2.25. The van der Waals surface area contributed by atoms with Gasteiger partial charge in [-0.05, 0) is 39.4 Å². The summed E-state index contributed by atoms with van der Waals surface area (Å²) in [7, 11) is 4.10. The molecule has 0 bridgehead atoms. The van der Waals surface area contributed by atoms with Gasteiger partial charge in [0.25, 0.3) is 0 Å². The maximum atomic E-state index is 6.17. The summed E-state index contributed by atoms with van der Waals surface area (Å²) in [6.07, 6.45) is 1.81. The molecule has 0 aliphatic carbocycles. The first-order valence-electron chi connectivity index (χ1n) is 9.26. The second kappa shape index (κ2) is 8.47. The summed E-state index contributed by atoms with van der Waals surface area (Å²) < 4.78 is 5.74. The first-order chi connectivity index (χ1) is 12.5. The van der Waals surface area contributed by atoms with Crippen LogP contribution in [-0.4, -0.2) is 53.6 Å². The molecule has 6 heteroatoms. The number of nitrogen functional groups attached to an aromatic ring is 1. The topological polar surface area (TPSA) is 67.5 Å². The molecule has 1 aliphatic heterocycles. The summed E-state index contributed by atoms with van der Waals surface area (Å²) in [4.78, 5) is 13.6. The number of rotatable bonds is 7. The van der Waals surface area contributed by atoms with E-state index in [9.17, 15) is 0 Å². The van der Waals surface area contributed by atoms with Gasteiger partial charge in [-0.15, -0.1) is 0 Å². The fraction of sp³-hybridized carbons (Fsp3) is 0.500. The van der Waals surface area contributed by atoms with E-state index in [4.69, 9.17) is 10.5 Å². The molecule has 0 radical (unpaired) electrons. The van der Waals surface area contributed by atoms with Crippen LogP contribution in [0.15, 0.2) is 30.3 Å². The molecule has 26 heavy (non-hydrogen) atoms. The maximum absolute atomic E-state index is 6.17. The Labute approximate surface area is 156 Å². The van der Waals surface area contributed by atoms with Crippen molar-refractivity contribution in [1.29, 1.82) is 0 Å². The number of benzene rings is 1. The van der Waals surface area contributed by atoms with Crippen molar-refractivity contribution in [3.63, 3.8) is 0 Å². The minimum Gasteiger partial charge on any atom is -0.463 e. The number of nitrogens with zero attached hydrogens (tertiary/aromatic N) is 4. The molecule has 2 N–H and O–H groups in total. The summed E-state index contributed by atoms with van der Waals surface area (Å²) in [6.45, 7) is 5.54. The zero-order valence-electron chi connectivity index (χ0n) is 16.0. The smallest absolute Gasteiger partial charge is 0.318 e. The Balaban J connectivity index is 1.68. The molecule has 2 heterocycles. The Bertz CT molecular complexity index is 720. The maximum Gasteiger partial charge on any atom is 0.318 e. The predicted octanol–water partition coefficient (Wildman–Crippen LogP) is 2.51. The van der Waals surface area contributed by atoms with Crippen LogP contribution in [0.3, 0.4) is 0 Å². The van der Waals surface area contributed by atoms with Crippen LogP contribution in [0.4, 0.5) is 5.82 Å². The molecule has 0 saturated heterocycles. The van der Waals surface area contributed by atoms with Gasteiger partial charge >= 0.3 is 6.01 Å². The molecular weight excluding hydrogens is 326 g/mol. The van der Waals surface area contributed by atoms with Crippen molar-refractivity contribution in [2.24, 2.45) is 0 Å². The predicted molar refractivity (Wildman–Crippen MR) is 104 cm³/mol. The fourth-order valence-electron chi connectivity index (χ4n) is 3.34. The van der Waals surface area contributed by atoms with Crippen LogP contribution in [0.25, 0.3) is 0 Å². The SMILES string of the molecule is CC(c1ccccc1)N1CCc2c(N)nc(OCCCN(C)C)nc2C1. The minimum atomic E-state index is 0.338. The lowest BCUT2D eigenvalue weighted by Gasteiger charge is -2.33. The number of nitrogens with two attached hydrogens (primary N) is 1. The van der Waals surface area contributed by atoms with Crippen molar-refractivity contribution in [1.82, 2.24) is 19.8 Å². The number of aromatic nitrogens is 2. The summed E-state index contributed by atoms with van der Waals surface area (Å²) in [5, 5.41) is 0. The molecule has 0 spiro atoms.